The van der Waals surface area contributed by atoms with Crippen LogP contribution in [0.5, 0.6) is 0 Å². The Bertz CT molecular complexity index is 1160. The average Bonchev–Trinajstić information content (AvgIpc) is 3.75. The largest absolute Gasteiger partial charge is 0.361 e. The van der Waals surface area contributed by atoms with Crippen LogP contribution in [0, 0.1) is 24.7 Å². The van der Waals surface area contributed by atoms with E-state index in [9.17, 15) is 14.4 Å². The summed E-state index contributed by atoms with van der Waals surface area (Å²) in [5.74, 6) is 1.42. The lowest BCUT2D eigenvalue weighted by Gasteiger charge is -2.43. The van der Waals surface area contributed by atoms with Crippen LogP contribution in [-0.4, -0.2) is 70.9 Å². The summed E-state index contributed by atoms with van der Waals surface area (Å²) in [6.07, 6.45) is 7.87. The second kappa shape index (κ2) is 13.0. The number of hydrogen-bond acceptors (Lipinski definition) is 6. The van der Waals surface area contributed by atoms with Gasteiger partial charge in [0, 0.05) is 37.7 Å². The lowest BCUT2D eigenvalue weighted by atomic mass is 9.82. The predicted octanol–water partition coefficient (Wildman–Crippen LogP) is 3.32. The van der Waals surface area contributed by atoms with Gasteiger partial charge in [-0.05, 0) is 88.7 Å². The van der Waals surface area contributed by atoms with E-state index in [0.717, 1.165) is 50.6 Å². The van der Waals surface area contributed by atoms with Crippen LogP contribution in [-0.2, 0) is 16.0 Å². The normalized spacial score (nSPS) is 24.9. The highest BCUT2D eigenvalue weighted by molar-refractivity contribution is 5.93. The number of carbonyl (C=O) groups is 3. The minimum Gasteiger partial charge on any atom is -0.361 e. The Labute approximate surface area is 236 Å². The zero-order valence-corrected chi connectivity index (χ0v) is 23.6. The number of amides is 3. The van der Waals surface area contributed by atoms with Crippen molar-refractivity contribution in [3.05, 3.63) is 53.4 Å². The number of likely N-dealkylation sites (tertiary alicyclic amines) is 1. The van der Waals surface area contributed by atoms with Crippen molar-refractivity contribution in [2.75, 3.05) is 26.2 Å². The zero-order chi connectivity index (χ0) is 28.1. The van der Waals surface area contributed by atoms with Crippen molar-refractivity contribution in [1.82, 2.24) is 20.3 Å². The average molecular weight is 550 g/mol. The van der Waals surface area contributed by atoms with Crippen molar-refractivity contribution in [3.8, 4) is 0 Å². The first-order valence-electron chi connectivity index (χ1n) is 15.0. The van der Waals surface area contributed by atoms with Gasteiger partial charge in [-0.25, -0.2) is 0 Å². The van der Waals surface area contributed by atoms with Gasteiger partial charge in [0.05, 0.1) is 0 Å². The molecule has 3 fully saturated rings. The molecule has 9 heteroatoms. The van der Waals surface area contributed by atoms with Crippen molar-refractivity contribution in [2.24, 2.45) is 23.5 Å². The van der Waals surface area contributed by atoms with Gasteiger partial charge in [-0.15, -0.1) is 0 Å². The third-order valence-corrected chi connectivity index (χ3v) is 8.98. The van der Waals surface area contributed by atoms with E-state index >= 15 is 0 Å². The monoisotopic (exact) mass is 549 g/mol. The summed E-state index contributed by atoms with van der Waals surface area (Å²) in [7, 11) is 0. The maximum absolute atomic E-state index is 13.7. The first-order valence-corrected chi connectivity index (χ1v) is 15.0. The Morgan fingerprint density at radius 2 is 1.77 bits per heavy atom. The van der Waals surface area contributed by atoms with E-state index in [-0.39, 0.29) is 35.4 Å². The van der Waals surface area contributed by atoms with Gasteiger partial charge >= 0.3 is 0 Å². The van der Waals surface area contributed by atoms with Gasteiger partial charge in [0.15, 0.2) is 5.69 Å². The van der Waals surface area contributed by atoms with Crippen molar-refractivity contribution >= 4 is 17.7 Å². The van der Waals surface area contributed by atoms with Crippen molar-refractivity contribution in [2.45, 2.75) is 76.8 Å². The van der Waals surface area contributed by atoms with E-state index in [1.54, 1.807) is 17.9 Å². The molecule has 2 saturated carbocycles. The van der Waals surface area contributed by atoms with Gasteiger partial charge in [-0.2, -0.15) is 0 Å². The molecule has 5 rings (SSSR count). The number of nitrogens with zero attached hydrogens (tertiary/aromatic N) is 3. The highest BCUT2D eigenvalue weighted by atomic mass is 16.5. The second-order valence-corrected chi connectivity index (χ2v) is 11.9. The van der Waals surface area contributed by atoms with Gasteiger partial charge in [-0.3, -0.25) is 14.4 Å². The summed E-state index contributed by atoms with van der Waals surface area (Å²) >= 11 is 0. The Kier molecular flexibility index (Phi) is 9.19. The molecule has 1 aromatic carbocycles. The van der Waals surface area contributed by atoms with Crippen LogP contribution in [0.1, 0.15) is 73.2 Å². The number of hydrogen-bond donors (Lipinski definition) is 2. The molecule has 1 aromatic heterocycles. The molecular weight excluding hydrogens is 506 g/mol. The van der Waals surface area contributed by atoms with Crippen LogP contribution < -0.4 is 11.1 Å². The van der Waals surface area contributed by atoms with Crippen LogP contribution in [0.4, 0.5) is 0 Å². The Morgan fingerprint density at radius 3 is 2.42 bits per heavy atom. The third kappa shape index (κ3) is 6.92. The molecule has 3 N–H and O–H groups in total. The molecule has 1 aliphatic heterocycles. The number of benzene rings is 1. The van der Waals surface area contributed by atoms with Crippen molar-refractivity contribution in [1.29, 1.82) is 0 Å². The van der Waals surface area contributed by atoms with Gasteiger partial charge < -0.3 is 25.4 Å². The lowest BCUT2D eigenvalue weighted by Crippen LogP contribution is -2.59. The molecule has 1 unspecified atom stereocenters. The molecule has 2 heterocycles. The first-order chi connectivity index (χ1) is 19.4. The molecule has 3 amide bonds. The van der Waals surface area contributed by atoms with E-state index in [2.05, 4.69) is 22.6 Å². The summed E-state index contributed by atoms with van der Waals surface area (Å²) < 4.78 is 5.21. The summed E-state index contributed by atoms with van der Waals surface area (Å²) in [5.41, 5.74) is 7.26. The molecule has 2 atom stereocenters. The standard InChI is InChI=1S/C31H43N5O4/c1-21-17-27(34-40-21)31(39)35(15-13-22-5-3-2-4-6-22)26-14-16-36(30(38)25-11-12-25)28(18-26)29(37)33-20-24-9-7-23(19-32)8-10-24/h2-6,17,23-26,28H,7-16,18-20,32H2,1H3,(H,33,37)/t23?,24?,26?,28-/m1/s1. The maximum Gasteiger partial charge on any atom is 0.276 e. The van der Waals surface area contributed by atoms with Crippen LogP contribution in [0.25, 0.3) is 0 Å². The minimum atomic E-state index is -0.585. The quantitative estimate of drug-likeness (QED) is 0.469. The minimum absolute atomic E-state index is 0.0345. The van der Waals surface area contributed by atoms with Gasteiger partial charge in [0.25, 0.3) is 5.91 Å². The molecule has 2 aliphatic carbocycles. The summed E-state index contributed by atoms with van der Waals surface area (Å²) in [6.45, 7) is 4.08. The maximum atomic E-state index is 13.7. The molecule has 0 spiro atoms. The molecule has 40 heavy (non-hydrogen) atoms. The fourth-order valence-corrected chi connectivity index (χ4v) is 6.30. The zero-order valence-electron chi connectivity index (χ0n) is 23.6. The van der Waals surface area contributed by atoms with Gasteiger partial charge in [0.2, 0.25) is 11.8 Å². The molecule has 2 aromatic rings. The molecule has 3 aliphatic rings. The Morgan fingerprint density at radius 1 is 1.05 bits per heavy atom. The number of aryl methyl sites for hydroxylation is 1. The van der Waals surface area contributed by atoms with E-state index < -0.39 is 6.04 Å². The summed E-state index contributed by atoms with van der Waals surface area (Å²) in [6, 6.07) is 11.0. The second-order valence-electron chi connectivity index (χ2n) is 11.9. The number of carbonyl (C=O) groups excluding carboxylic acids is 3. The molecule has 0 radical (unpaired) electrons. The molecule has 1 saturated heterocycles. The van der Waals surface area contributed by atoms with E-state index in [1.807, 2.05) is 23.1 Å². The first kappa shape index (κ1) is 28.3. The topological polar surface area (TPSA) is 122 Å². The third-order valence-electron chi connectivity index (χ3n) is 8.98. The molecular formula is C31H43N5O4. The molecule has 0 bridgehead atoms. The number of nitrogens with one attached hydrogen (secondary N) is 1. The van der Waals surface area contributed by atoms with Gasteiger partial charge in [0.1, 0.15) is 11.8 Å². The van der Waals surface area contributed by atoms with Crippen molar-refractivity contribution < 1.29 is 18.9 Å². The molecule has 9 nitrogen and oxygen atoms in total. The van der Waals surface area contributed by atoms with E-state index in [0.29, 0.717) is 56.5 Å². The fraction of sp³-hybridized carbons (Fsp3) is 0.613. The molecule has 216 valence electrons. The van der Waals surface area contributed by atoms with Crippen LogP contribution in [0.2, 0.25) is 0 Å². The highest BCUT2D eigenvalue weighted by Crippen LogP contribution is 2.34. The van der Waals surface area contributed by atoms with Gasteiger partial charge in [-0.1, -0.05) is 35.5 Å². The van der Waals surface area contributed by atoms with E-state index in [1.165, 1.54) is 0 Å². The Hall–Kier alpha value is -3.20. The summed E-state index contributed by atoms with van der Waals surface area (Å²) in [5, 5.41) is 7.18. The van der Waals surface area contributed by atoms with Crippen LogP contribution in [0.3, 0.4) is 0 Å². The Balaban J connectivity index is 1.30. The number of rotatable bonds is 10. The smallest absolute Gasteiger partial charge is 0.276 e. The highest BCUT2D eigenvalue weighted by Gasteiger charge is 2.43. The van der Waals surface area contributed by atoms with E-state index in [4.69, 9.17) is 10.3 Å². The van der Waals surface area contributed by atoms with Crippen LogP contribution >= 0.6 is 0 Å². The number of nitrogens with two attached hydrogens (primary N) is 1. The predicted molar refractivity (Wildman–Crippen MR) is 151 cm³/mol. The fourth-order valence-electron chi connectivity index (χ4n) is 6.30. The number of piperidine rings is 1. The van der Waals surface area contributed by atoms with Crippen LogP contribution in [0.15, 0.2) is 40.9 Å². The van der Waals surface area contributed by atoms with Crippen molar-refractivity contribution in [3.63, 3.8) is 0 Å². The number of aromatic nitrogens is 1. The lowest BCUT2D eigenvalue weighted by molar-refractivity contribution is -0.144. The SMILES string of the molecule is Cc1cc(C(=O)N(CCc2ccccc2)C2CCN(C(=O)C3CC3)[C@@H](C(=O)NCC3CCC(CN)CC3)C2)no1. The summed E-state index contributed by atoms with van der Waals surface area (Å²) in [4.78, 5) is 44.2.